The highest BCUT2D eigenvalue weighted by molar-refractivity contribution is 4.49. The zero-order valence-corrected chi connectivity index (χ0v) is 18.7. The predicted octanol–water partition coefficient (Wildman–Crippen LogP) is 1.42. The summed E-state index contributed by atoms with van der Waals surface area (Å²) in [5.41, 5.74) is 0. The molecule has 154 valence electrons. The molecule has 0 bridgehead atoms. The summed E-state index contributed by atoms with van der Waals surface area (Å²) in [5, 5.41) is 0. The second-order valence-electron chi connectivity index (χ2n) is 7.99. The Bertz CT molecular complexity index is 259. The largest absolute Gasteiger partial charge is 0.331 e. The van der Waals surface area contributed by atoms with Crippen LogP contribution in [0.1, 0.15) is 96.8 Å². The van der Waals surface area contributed by atoms with E-state index in [2.05, 4.69) is 28.1 Å². The average Bonchev–Trinajstić information content (AvgIpc) is 2.45. The number of quaternary nitrogens is 1. The molecule has 0 saturated carbocycles. The Hall–Kier alpha value is 0.280. The van der Waals surface area contributed by atoms with E-state index in [1.54, 1.807) is 0 Å². The third kappa shape index (κ3) is 40.4. The molecular weight excluding hydrogens is 386 g/mol. The third-order valence-electron chi connectivity index (χ3n) is 4.18. The van der Waals surface area contributed by atoms with E-state index in [1.807, 2.05) is 0 Å². The highest BCUT2D eigenvalue weighted by Gasteiger charge is 2.04. The van der Waals surface area contributed by atoms with Crippen molar-refractivity contribution in [2.24, 2.45) is 0 Å². The number of rotatable bonds is 15. The average molecular weight is 428 g/mol. The van der Waals surface area contributed by atoms with Gasteiger partial charge in [-0.15, -0.1) is 0 Å². The van der Waals surface area contributed by atoms with E-state index in [0.717, 1.165) is 4.48 Å². The van der Waals surface area contributed by atoms with Gasteiger partial charge in [-0.25, -0.2) is 0 Å². The van der Waals surface area contributed by atoms with Crippen molar-refractivity contribution in [2.45, 2.75) is 96.8 Å². The Morgan fingerprint density at radius 3 is 1.00 bits per heavy atom. The molecule has 0 unspecified atom stereocenters. The van der Waals surface area contributed by atoms with Gasteiger partial charge >= 0.3 is 0 Å². The summed E-state index contributed by atoms with van der Waals surface area (Å²) in [4.78, 5) is 0. The summed E-state index contributed by atoms with van der Waals surface area (Å²) < 4.78 is 35.4. The maximum atomic E-state index is 8.58. The molecule has 0 aliphatic rings. The molecule has 0 aliphatic carbocycles. The first-order valence-corrected chi connectivity index (χ1v) is 12.6. The smallest absolute Gasteiger partial charge is 0.0780 e. The first kappa shape index (κ1) is 27.5. The van der Waals surface area contributed by atoms with Gasteiger partial charge in [-0.1, -0.05) is 84.0 Å². The first-order chi connectivity index (χ1) is 11.6. The van der Waals surface area contributed by atoms with E-state index >= 15 is 0 Å². The lowest BCUT2D eigenvalue weighted by molar-refractivity contribution is -2.00. The molecule has 0 radical (unpaired) electrons. The zero-order chi connectivity index (χ0) is 19.6. The molecule has 0 rings (SSSR count). The van der Waals surface area contributed by atoms with Crippen LogP contribution in [0.15, 0.2) is 0 Å². The summed E-state index contributed by atoms with van der Waals surface area (Å²) in [6.45, 7) is 3.63. The van der Waals surface area contributed by atoms with Crippen LogP contribution in [0.25, 0.3) is 0 Å². The molecule has 6 heteroatoms. The Kier molecular flexibility index (Phi) is 19.4. The van der Waals surface area contributed by atoms with Crippen LogP contribution in [0.3, 0.4) is 0 Å². The van der Waals surface area contributed by atoms with E-state index in [-0.39, 0.29) is 0 Å². The fraction of sp³-hybridized carbons (Fsp3) is 1.00. The van der Waals surface area contributed by atoms with Gasteiger partial charge in [-0.3, -0.25) is 16.8 Å². The van der Waals surface area contributed by atoms with Crippen LogP contribution in [-0.2, 0) is 0 Å². The number of hydrogen-bond donors (Lipinski definition) is 0. The molecule has 0 aromatic heterocycles. The molecule has 0 aliphatic heterocycles. The molecule has 0 saturated heterocycles. The number of halogens is 1. The van der Waals surface area contributed by atoms with E-state index in [0.29, 0.717) is 0 Å². The van der Waals surface area contributed by atoms with Crippen molar-refractivity contribution < 1.29 is 35.4 Å². The van der Waals surface area contributed by atoms with Crippen LogP contribution in [-0.4, -0.2) is 32.2 Å². The lowest BCUT2D eigenvalue weighted by Crippen LogP contribution is -2.68. The minimum absolute atomic E-state index is 1.12. The fourth-order valence-corrected chi connectivity index (χ4v) is 2.78. The second-order valence-corrected chi connectivity index (χ2v) is 9.57. The Morgan fingerprint density at radius 1 is 0.520 bits per heavy atom. The molecule has 5 nitrogen and oxygen atoms in total. The van der Waals surface area contributed by atoms with Gasteiger partial charge in [-0.05, 0) is 12.8 Å². The van der Waals surface area contributed by atoms with Crippen LogP contribution in [0.4, 0.5) is 0 Å². The lowest BCUT2D eigenvalue weighted by atomic mass is 10.0. The third-order valence-corrected chi connectivity index (χ3v) is 4.18. The van der Waals surface area contributed by atoms with Crippen molar-refractivity contribution in [2.75, 3.05) is 27.7 Å². The molecule has 0 aromatic rings. The van der Waals surface area contributed by atoms with Crippen LogP contribution in [0.2, 0.25) is 0 Å². The molecule has 0 aromatic carbocycles. The minimum atomic E-state index is -5.62. The monoisotopic (exact) mass is 427 g/mol. The quantitative estimate of drug-likeness (QED) is 0.291. The second kappa shape index (κ2) is 17.7. The Labute approximate surface area is 160 Å². The van der Waals surface area contributed by atoms with Crippen LogP contribution >= 0.6 is 0 Å². The summed E-state index contributed by atoms with van der Waals surface area (Å²) >= 11 is -5.62. The molecule has 0 N–H and O–H groups in total. The summed E-state index contributed by atoms with van der Waals surface area (Å²) in [6, 6.07) is 0. The van der Waals surface area contributed by atoms with Gasteiger partial charge in [0.1, 0.15) is 0 Å². The van der Waals surface area contributed by atoms with E-state index in [1.165, 1.54) is 96.4 Å². The standard InChI is InChI=1S/C19H42N.BrO4/c1-5-6-7-8-9-10-11-12-13-14-15-16-17-18-19-20(2,3)4;2-1(3,4)5/h5-19H2,1-4H3;/q+1;-1. The Morgan fingerprint density at radius 2 is 0.760 bits per heavy atom. The van der Waals surface area contributed by atoms with Crippen LogP contribution in [0, 0.1) is 14.1 Å². The maximum Gasteiger partial charge on any atom is 0.0780 e. The summed E-state index contributed by atoms with van der Waals surface area (Å²) in [7, 11) is 6.88. The van der Waals surface area contributed by atoms with Crippen molar-refractivity contribution in [1.29, 1.82) is 0 Å². The van der Waals surface area contributed by atoms with Crippen molar-refractivity contribution >= 4 is 0 Å². The van der Waals surface area contributed by atoms with Crippen molar-refractivity contribution in [1.82, 2.24) is 0 Å². The highest BCUT2D eigenvalue weighted by atomic mass is 80.0. The molecule has 0 spiro atoms. The first-order valence-electron chi connectivity index (χ1n) is 9.98. The lowest BCUT2D eigenvalue weighted by Gasteiger charge is -2.23. The van der Waals surface area contributed by atoms with Gasteiger partial charge in [0.2, 0.25) is 0 Å². The zero-order valence-electron chi connectivity index (χ0n) is 17.1. The summed E-state index contributed by atoms with van der Waals surface area (Å²) in [6.07, 6.45) is 20.4. The van der Waals surface area contributed by atoms with Crippen molar-refractivity contribution in [3.05, 3.63) is 0 Å². The SMILES string of the molecule is CCCCCCCCCCCCCCCC[N+](C)(C)C.[O-][Br+3]([O-])([O-])[O-]. The van der Waals surface area contributed by atoms with Crippen LogP contribution in [0.5, 0.6) is 0 Å². The molecule has 25 heavy (non-hydrogen) atoms. The number of unbranched alkanes of at least 4 members (excludes halogenated alkanes) is 13. The molecular formula is C19H42BrNO4. The van der Waals surface area contributed by atoms with Gasteiger partial charge in [-0.2, -0.15) is 0 Å². The Balaban J connectivity index is 0. The van der Waals surface area contributed by atoms with Gasteiger partial charge in [0.05, 0.1) is 41.8 Å². The van der Waals surface area contributed by atoms with Gasteiger partial charge in [0.15, 0.2) is 0 Å². The number of nitrogens with zero attached hydrogens (tertiary/aromatic N) is 1. The summed E-state index contributed by atoms with van der Waals surface area (Å²) in [5.74, 6) is 0. The van der Waals surface area contributed by atoms with E-state index in [9.17, 15) is 0 Å². The predicted molar refractivity (Wildman–Crippen MR) is 93.2 cm³/mol. The fourth-order valence-electron chi connectivity index (χ4n) is 2.78. The normalized spacial score (nSPS) is 12.0. The van der Waals surface area contributed by atoms with Crippen molar-refractivity contribution in [3.8, 4) is 0 Å². The molecule has 0 atom stereocenters. The topological polar surface area (TPSA) is 92.2 Å². The molecule has 0 amide bonds. The van der Waals surface area contributed by atoms with Crippen LogP contribution < -0.4 is 16.8 Å². The minimum Gasteiger partial charge on any atom is -0.331 e. The molecule has 0 fully saturated rings. The number of hydrogen-bond acceptors (Lipinski definition) is 4. The molecule has 0 heterocycles. The van der Waals surface area contributed by atoms with E-state index in [4.69, 9.17) is 16.8 Å². The maximum absolute atomic E-state index is 8.58. The van der Waals surface area contributed by atoms with E-state index < -0.39 is 14.1 Å². The van der Waals surface area contributed by atoms with Gasteiger partial charge < -0.3 is 4.48 Å². The highest BCUT2D eigenvalue weighted by Crippen LogP contribution is 2.13. The van der Waals surface area contributed by atoms with Gasteiger partial charge in [0, 0.05) is 0 Å². The van der Waals surface area contributed by atoms with Crippen molar-refractivity contribution in [3.63, 3.8) is 0 Å². The van der Waals surface area contributed by atoms with Gasteiger partial charge in [0.25, 0.3) is 0 Å².